The van der Waals surface area contributed by atoms with E-state index < -0.39 is 0 Å². The minimum Gasteiger partial charge on any atom is -0.375 e. The van der Waals surface area contributed by atoms with E-state index >= 15 is 0 Å². The van der Waals surface area contributed by atoms with Crippen LogP contribution in [0.5, 0.6) is 0 Å². The molecule has 2 fully saturated rings. The summed E-state index contributed by atoms with van der Waals surface area (Å²) in [5, 5.41) is 2.90. The highest BCUT2D eigenvalue weighted by Crippen LogP contribution is 2.43. The summed E-state index contributed by atoms with van der Waals surface area (Å²) in [7, 11) is 5.46. The van der Waals surface area contributed by atoms with Gasteiger partial charge in [-0.15, -0.1) is 0 Å². The third-order valence-corrected chi connectivity index (χ3v) is 5.03. The fourth-order valence-corrected chi connectivity index (χ4v) is 3.63. The monoisotopic (exact) mass is 349 g/mol. The van der Waals surface area contributed by atoms with Crippen LogP contribution >= 0.6 is 0 Å². The molecule has 1 aromatic heterocycles. The third-order valence-electron chi connectivity index (χ3n) is 5.03. The Morgan fingerprint density at radius 2 is 2.28 bits per heavy atom. The number of ether oxygens (including phenoxy) is 2. The smallest absolute Gasteiger partial charge is 0.245 e. The Morgan fingerprint density at radius 1 is 1.48 bits per heavy atom. The van der Waals surface area contributed by atoms with Crippen molar-refractivity contribution in [2.24, 2.45) is 5.92 Å². The SMILES string of the molecule is COCC(=O)NCC[C@@H]1CCOC12CN(c1cc(N(C)C)ncn1)C2. The Kier molecular flexibility index (Phi) is 5.39. The molecule has 2 aliphatic heterocycles. The first-order chi connectivity index (χ1) is 12.0. The number of methoxy groups -OCH3 is 1. The van der Waals surface area contributed by atoms with Crippen LogP contribution in [0.3, 0.4) is 0 Å². The van der Waals surface area contributed by atoms with Crippen LogP contribution < -0.4 is 15.1 Å². The minimum atomic E-state index is -0.102. The molecule has 0 aromatic carbocycles. The average molecular weight is 349 g/mol. The summed E-state index contributed by atoms with van der Waals surface area (Å²) in [6, 6.07) is 2.00. The number of rotatable bonds is 7. The van der Waals surface area contributed by atoms with Crippen LogP contribution in [-0.2, 0) is 14.3 Å². The van der Waals surface area contributed by atoms with E-state index in [2.05, 4.69) is 20.2 Å². The maximum Gasteiger partial charge on any atom is 0.245 e. The average Bonchev–Trinajstić information content (AvgIpc) is 2.98. The summed E-state index contributed by atoms with van der Waals surface area (Å²) in [4.78, 5) is 24.3. The van der Waals surface area contributed by atoms with Gasteiger partial charge in [-0.1, -0.05) is 0 Å². The normalized spacial score (nSPS) is 21.2. The largest absolute Gasteiger partial charge is 0.375 e. The molecule has 0 unspecified atom stereocenters. The van der Waals surface area contributed by atoms with E-state index in [1.54, 1.807) is 6.33 Å². The topological polar surface area (TPSA) is 79.8 Å². The summed E-state index contributed by atoms with van der Waals surface area (Å²) in [6.45, 7) is 3.25. The van der Waals surface area contributed by atoms with Crippen molar-refractivity contribution in [2.45, 2.75) is 18.4 Å². The van der Waals surface area contributed by atoms with Crippen molar-refractivity contribution >= 4 is 17.5 Å². The second-order valence-corrected chi connectivity index (χ2v) is 6.96. The van der Waals surface area contributed by atoms with E-state index in [4.69, 9.17) is 9.47 Å². The molecular weight excluding hydrogens is 322 g/mol. The molecule has 0 bridgehead atoms. The second-order valence-electron chi connectivity index (χ2n) is 6.96. The molecule has 2 saturated heterocycles. The van der Waals surface area contributed by atoms with E-state index in [-0.39, 0.29) is 18.1 Å². The Balaban J connectivity index is 1.54. The van der Waals surface area contributed by atoms with E-state index in [0.29, 0.717) is 12.5 Å². The Labute approximate surface area is 148 Å². The van der Waals surface area contributed by atoms with Gasteiger partial charge in [-0.2, -0.15) is 0 Å². The molecule has 1 N–H and O–H groups in total. The molecule has 2 aliphatic rings. The van der Waals surface area contributed by atoms with Crippen molar-refractivity contribution < 1.29 is 14.3 Å². The molecule has 1 amide bonds. The predicted molar refractivity (Wildman–Crippen MR) is 94.9 cm³/mol. The van der Waals surface area contributed by atoms with Gasteiger partial charge in [-0.25, -0.2) is 9.97 Å². The fourth-order valence-electron chi connectivity index (χ4n) is 3.63. The number of carbonyl (C=O) groups is 1. The lowest BCUT2D eigenvalue weighted by Gasteiger charge is -2.51. The number of nitrogens with one attached hydrogen (secondary N) is 1. The molecular formula is C17H27N5O3. The first kappa shape index (κ1) is 17.9. The molecule has 1 spiro atoms. The molecule has 8 heteroatoms. The van der Waals surface area contributed by atoms with E-state index in [9.17, 15) is 4.79 Å². The maximum atomic E-state index is 11.5. The van der Waals surface area contributed by atoms with Crippen LogP contribution in [0.25, 0.3) is 0 Å². The predicted octanol–water partition coefficient (Wildman–Crippen LogP) is 0.291. The zero-order chi connectivity index (χ0) is 17.9. The molecule has 0 radical (unpaired) electrons. The number of anilines is 2. The van der Waals surface area contributed by atoms with Crippen LogP contribution in [-0.4, -0.2) is 75.5 Å². The van der Waals surface area contributed by atoms with Gasteiger partial charge in [0.1, 0.15) is 30.2 Å². The second kappa shape index (κ2) is 7.53. The van der Waals surface area contributed by atoms with Gasteiger partial charge in [0, 0.05) is 40.4 Å². The van der Waals surface area contributed by atoms with Gasteiger partial charge >= 0.3 is 0 Å². The lowest BCUT2D eigenvalue weighted by molar-refractivity contribution is -0.124. The van der Waals surface area contributed by atoms with Gasteiger partial charge in [0.15, 0.2) is 0 Å². The van der Waals surface area contributed by atoms with Crippen molar-refractivity contribution in [3.8, 4) is 0 Å². The lowest BCUT2D eigenvalue weighted by atomic mass is 9.79. The van der Waals surface area contributed by atoms with Crippen molar-refractivity contribution in [1.82, 2.24) is 15.3 Å². The number of carbonyl (C=O) groups excluding carboxylic acids is 1. The zero-order valence-electron chi connectivity index (χ0n) is 15.2. The zero-order valence-corrected chi connectivity index (χ0v) is 15.2. The van der Waals surface area contributed by atoms with Crippen molar-refractivity contribution in [3.63, 3.8) is 0 Å². The third kappa shape index (κ3) is 3.85. The standard InChI is InChI=1S/C17H27N5O3/c1-21(2)14-8-15(20-12-19-14)22-10-17(11-22)13(5-7-25-17)4-6-18-16(23)9-24-3/h8,12-13H,4-7,9-11H2,1-3H3,(H,18,23)/t13-/m1/s1. The lowest BCUT2D eigenvalue weighted by Crippen LogP contribution is -2.65. The summed E-state index contributed by atoms with van der Waals surface area (Å²) >= 11 is 0. The molecule has 25 heavy (non-hydrogen) atoms. The van der Waals surface area contributed by atoms with Crippen LogP contribution in [0.15, 0.2) is 12.4 Å². The highest BCUT2D eigenvalue weighted by Gasteiger charge is 2.53. The molecule has 0 saturated carbocycles. The molecule has 1 aromatic rings. The molecule has 138 valence electrons. The number of amides is 1. The minimum absolute atomic E-state index is 0.0668. The van der Waals surface area contributed by atoms with Crippen LogP contribution in [0.1, 0.15) is 12.8 Å². The van der Waals surface area contributed by atoms with Crippen molar-refractivity contribution in [2.75, 3.05) is 63.9 Å². The Hall–Kier alpha value is -1.93. The van der Waals surface area contributed by atoms with E-state index in [1.165, 1.54) is 7.11 Å². The summed E-state index contributed by atoms with van der Waals surface area (Å²) < 4.78 is 10.9. The first-order valence-electron chi connectivity index (χ1n) is 8.68. The van der Waals surface area contributed by atoms with Gasteiger partial charge in [0.25, 0.3) is 0 Å². The Bertz CT molecular complexity index is 604. The van der Waals surface area contributed by atoms with Crippen molar-refractivity contribution in [3.05, 3.63) is 12.4 Å². The summed E-state index contributed by atoms with van der Waals surface area (Å²) in [5.74, 6) is 2.23. The number of nitrogens with zero attached hydrogens (tertiary/aromatic N) is 4. The van der Waals surface area contributed by atoms with Crippen molar-refractivity contribution in [1.29, 1.82) is 0 Å². The van der Waals surface area contributed by atoms with Crippen LogP contribution in [0.4, 0.5) is 11.6 Å². The number of hydrogen-bond acceptors (Lipinski definition) is 7. The van der Waals surface area contributed by atoms with E-state index in [1.807, 2.05) is 25.1 Å². The quantitative estimate of drug-likeness (QED) is 0.758. The summed E-state index contributed by atoms with van der Waals surface area (Å²) in [5.41, 5.74) is -0.102. The summed E-state index contributed by atoms with van der Waals surface area (Å²) in [6.07, 6.45) is 3.57. The number of hydrogen-bond donors (Lipinski definition) is 1. The highest BCUT2D eigenvalue weighted by atomic mass is 16.5. The van der Waals surface area contributed by atoms with Crippen LogP contribution in [0, 0.1) is 5.92 Å². The molecule has 3 heterocycles. The molecule has 1 atom stereocenters. The van der Waals surface area contributed by atoms with Gasteiger partial charge < -0.3 is 24.6 Å². The van der Waals surface area contributed by atoms with E-state index in [0.717, 1.165) is 44.2 Å². The maximum absolute atomic E-state index is 11.5. The molecule has 3 rings (SSSR count). The number of aromatic nitrogens is 2. The first-order valence-corrected chi connectivity index (χ1v) is 8.68. The van der Waals surface area contributed by atoms with Gasteiger partial charge in [-0.3, -0.25) is 4.79 Å². The highest BCUT2D eigenvalue weighted by molar-refractivity contribution is 5.77. The molecule has 0 aliphatic carbocycles. The fraction of sp³-hybridized carbons (Fsp3) is 0.706. The molecule has 8 nitrogen and oxygen atoms in total. The Morgan fingerprint density at radius 3 is 3.00 bits per heavy atom. The van der Waals surface area contributed by atoms with Crippen LogP contribution in [0.2, 0.25) is 0 Å². The van der Waals surface area contributed by atoms with Gasteiger partial charge in [-0.05, 0) is 18.8 Å². The van der Waals surface area contributed by atoms with Gasteiger partial charge in [0.05, 0.1) is 13.1 Å². The van der Waals surface area contributed by atoms with Gasteiger partial charge in [0.2, 0.25) is 5.91 Å².